The lowest BCUT2D eigenvalue weighted by molar-refractivity contribution is -0.192. The number of carbonyl (C=O) groups is 3. The van der Waals surface area contributed by atoms with Crippen LogP contribution in [0.15, 0.2) is 0 Å². The fourth-order valence-corrected chi connectivity index (χ4v) is 1.87. The van der Waals surface area contributed by atoms with E-state index in [1.54, 1.807) is 0 Å². The van der Waals surface area contributed by atoms with Crippen LogP contribution >= 0.6 is 0 Å². The van der Waals surface area contributed by atoms with Crippen molar-refractivity contribution in [3.8, 4) is 0 Å². The molecule has 13 heteroatoms. The predicted molar refractivity (Wildman–Crippen MR) is 92.0 cm³/mol. The number of ether oxygens (including phenoxy) is 4. The molecule has 0 aromatic heterocycles. The highest BCUT2D eigenvalue weighted by molar-refractivity contribution is 6.01. The highest BCUT2D eigenvalue weighted by Gasteiger charge is 2.38. The highest BCUT2D eigenvalue weighted by atomic mass is 19.4. The van der Waals surface area contributed by atoms with Crippen molar-refractivity contribution in [2.75, 3.05) is 65.9 Å². The molecule has 1 rings (SSSR count). The molecule has 29 heavy (non-hydrogen) atoms. The van der Waals surface area contributed by atoms with Crippen LogP contribution < -0.4 is 5.73 Å². The second kappa shape index (κ2) is 16.0. The molecule has 0 bridgehead atoms. The van der Waals surface area contributed by atoms with E-state index in [4.69, 9.17) is 34.6 Å². The summed E-state index contributed by atoms with van der Waals surface area (Å²) in [4.78, 5) is 32.8. The topological polar surface area (TPSA) is 138 Å². The van der Waals surface area contributed by atoms with Gasteiger partial charge in [-0.15, -0.1) is 0 Å². The first kappa shape index (κ1) is 27.2. The number of alkyl halides is 3. The van der Waals surface area contributed by atoms with Crippen molar-refractivity contribution in [3.05, 3.63) is 0 Å². The van der Waals surface area contributed by atoms with Crippen molar-refractivity contribution in [2.45, 2.75) is 19.0 Å². The normalized spacial score (nSPS) is 14.1. The molecule has 1 aliphatic rings. The van der Waals surface area contributed by atoms with Gasteiger partial charge in [-0.05, 0) is 0 Å². The average molecular weight is 432 g/mol. The van der Waals surface area contributed by atoms with Gasteiger partial charge in [-0.2, -0.15) is 13.2 Å². The third-order valence-electron chi connectivity index (χ3n) is 3.23. The first-order valence-corrected chi connectivity index (χ1v) is 8.84. The molecule has 0 spiro atoms. The molecule has 0 aromatic carbocycles. The van der Waals surface area contributed by atoms with Crippen molar-refractivity contribution >= 4 is 17.8 Å². The number of carbonyl (C=O) groups excluding carboxylic acids is 2. The molecule has 0 saturated carbocycles. The summed E-state index contributed by atoms with van der Waals surface area (Å²) in [6.45, 7) is 4.66. The Morgan fingerprint density at radius 1 is 0.862 bits per heavy atom. The van der Waals surface area contributed by atoms with Crippen molar-refractivity contribution in [1.82, 2.24) is 4.90 Å². The molecule has 0 aliphatic carbocycles. The molecule has 0 atom stereocenters. The molecule has 10 nitrogen and oxygen atoms in total. The third-order valence-corrected chi connectivity index (χ3v) is 3.23. The quantitative estimate of drug-likeness (QED) is 0.282. The van der Waals surface area contributed by atoms with Gasteiger partial charge in [0.05, 0.1) is 59.4 Å². The number of imide groups is 1. The van der Waals surface area contributed by atoms with Gasteiger partial charge in [0.15, 0.2) is 0 Å². The Morgan fingerprint density at radius 3 is 1.55 bits per heavy atom. The van der Waals surface area contributed by atoms with Gasteiger partial charge in [-0.3, -0.25) is 14.5 Å². The number of carboxylic acids is 1. The lowest BCUT2D eigenvalue weighted by Crippen LogP contribution is -2.32. The lowest BCUT2D eigenvalue weighted by Gasteiger charge is -2.13. The Kier molecular flexibility index (Phi) is 15.1. The molecule has 1 aliphatic heterocycles. The number of aliphatic carboxylic acids is 1. The van der Waals surface area contributed by atoms with E-state index < -0.39 is 12.1 Å². The first-order chi connectivity index (χ1) is 13.7. The Hall–Kier alpha value is -1.80. The zero-order valence-corrected chi connectivity index (χ0v) is 15.9. The Bertz CT molecular complexity index is 475. The highest BCUT2D eigenvalue weighted by Crippen LogP contribution is 2.13. The second-order valence-electron chi connectivity index (χ2n) is 5.48. The smallest absolute Gasteiger partial charge is 0.475 e. The van der Waals surface area contributed by atoms with Gasteiger partial charge in [0.25, 0.3) is 0 Å². The molecule has 0 aromatic rings. The van der Waals surface area contributed by atoms with Crippen LogP contribution in [-0.4, -0.2) is 99.9 Å². The fraction of sp³-hybridized carbons (Fsp3) is 0.812. The van der Waals surface area contributed by atoms with E-state index in [2.05, 4.69) is 0 Å². The molecule has 3 N–H and O–H groups in total. The molecule has 0 radical (unpaired) electrons. The molecular formula is C16H27F3N2O8. The number of nitrogens with zero attached hydrogens (tertiary/aromatic N) is 1. The maximum atomic E-state index is 11.3. The van der Waals surface area contributed by atoms with Crippen molar-refractivity contribution in [2.24, 2.45) is 5.73 Å². The van der Waals surface area contributed by atoms with E-state index in [0.717, 1.165) is 0 Å². The first-order valence-electron chi connectivity index (χ1n) is 8.84. The summed E-state index contributed by atoms with van der Waals surface area (Å²) in [6, 6.07) is 0. The number of carboxylic acid groups (broad SMARTS) is 1. The van der Waals surface area contributed by atoms with E-state index in [9.17, 15) is 22.8 Å². The minimum Gasteiger partial charge on any atom is -0.475 e. The summed E-state index contributed by atoms with van der Waals surface area (Å²) in [6.07, 6.45) is -4.45. The van der Waals surface area contributed by atoms with Crippen molar-refractivity contribution in [1.29, 1.82) is 0 Å². The van der Waals surface area contributed by atoms with Crippen LogP contribution in [-0.2, 0) is 33.3 Å². The zero-order chi connectivity index (χ0) is 22.1. The Morgan fingerprint density at radius 2 is 1.21 bits per heavy atom. The van der Waals surface area contributed by atoms with Crippen LogP contribution in [0.5, 0.6) is 0 Å². The molecule has 1 fully saturated rings. The summed E-state index contributed by atoms with van der Waals surface area (Å²) < 4.78 is 52.8. The summed E-state index contributed by atoms with van der Waals surface area (Å²) in [5.74, 6) is -2.98. The maximum Gasteiger partial charge on any atom is 0.490 e. The molecule has 0 unspecified atom stereocenters. The van der Waals surface area contributed by atoms with Crippen LogP contribution in [0.3, 0.4) is 0 Å². The van der Waals surface area contributed by atoms with Gasteiger partial charge in [-0.25, -0.2) is 4.79 Å². The monoisotopic (exact) mass is 432 g/mol. The molecule has 1 heterocycles. The van der Waals surface area contributed by atoms with Gasteiger partial charge in [0.1, 0.15) is 0 Å². The predicted octanol–water partition coefficient (Wildman–Crippen LogP) is -0.206. The number of hydrogen-bond acceptors (Lipinski definition) is 8. The summed E-state index contributed by atoms with van der Waals surface area (Å²) in [5, 5.41) is 7.12. The molecule has 170 valence electrons. The summed E-state index contributed by atoms with van der Waals surface area (Å²) in [7, 11) is 0. The van der Waals surface area contributed by atoms with Crippen LogP contribution in [0, 0.1) is 0 Å². The van der Waals surface area contributed by atoms with E-state index in [0.29, 0.717) is 78.8 Å². The standard InChI is InChI=1S/C14H26N2O6.C2HF3O2/c15-3-5-19-7-9-21-11-12-22-10-8-20-6-4-16-13(17)1-2-14(16)18;3-2(4,5)1(6)7/h1-12,15H2;(H,6,7). The average Bonchev–Trinajstić information content (AvgIpc) is 2.97. The summed E-state index contributed by atoms with van der Waals surface area (Å²) >= 11 is 0. The molecular weight excluding hydrogens is 405 g/mol. The maximum absolute atomic E-state index is 11.3. The van der Waals surface area contributed by atoms with E-state index in [1.807, 2.05) is 0 Å². The molecule has 2 amide bonds. The number of amides is 2. The van der Waals surface area contributed by atoms with Gasteiger partial charge >= 0.3 is 12.1 Å². The lowest BCUT2D eigenvalue weighted by atomic mass is 10.4. The number of nitrogens with two attached hydrogens (primary N) is 1. The minimum atomic E-state index is -5.08. The zero-order valence-electron chi connectivity index (χ0n) is 15.9. The number of rotatable bonds is 14. The number of hydrogen-bond donors (Lipinski definition) is 2. The number of halogens is 3. The second-order valence-corrected chi connectivity index (χ2v) is 5.48. The van der Waals surface area contributed by atoms with Gasteiger partial charge < -0.3 is 29.8 Å². The third kappa shape index (κ3) is 14.8. The van der Waals surface area contributed by atoms with Gasteiger partial charge in [0.2, 0.25) is 11.8 Å². The van der Waals surface area contributed by atoms with Crippen molar-refractivity contribution in [3.63, 3.8) is 0 Å². The number of likely N-dealkylation sites (tertiary alicyclic amines) is 1. The fourth-order valence-electron chi connectivity index (χ4n) is 1.87. The Balaban J connectivity index is 0.000000956. The van der Waals surface area contributed by atoms with Crippen LogP contribution in [0.2, 0.25) is 0 Å². The van der Waals surface area contributed by atoms with E-state index in [1.165, 1.54) is 4.90 Å². The SMILES string of the molecule is NCCOCCOCCOCCOCCN1C(=O)CCC1=O.O=C(O)C(F)(F)F. The van der Waals surface area contributed by atoms with Gasteiger partial charge in [0, 0.05) is 19.4 Å². The molecule has 1 saturated heterocycles. The van der Waals surface area contributed by atoms with Crippen molar-refractivity contribution < 1.29 is 51.6 Å². The van der Waals surface area contributed by atoms with Crippen LogP contribution in [0.25, 0.3) is 0 Å². The van der Waals surface area contributed by atoms with E-state index >= 15 is 0 Å². The Labute approximate surface area is 166 Å². The minimum absolute atomic E-state index is 0.113. The van der Waals surface area contributed by atoms with E-state index in [-0.39, 0.29) is 11.8 Å². The summed E-state index contributed by atoms with van der Waals surface area (Å²) in [5.41, 5.74) is 5.27. The van der Waals surface area contributed by atoms with Crippen LogP contribution in [0.4, 0.5) is 13.2 Å². The largest absolute Gasteiger partial charge is 0.490 e. The van der Waals surface area contributed by atoms with Crippen LogP contribution in [0.1, 0.15) is 12.8 Å². The van der Waals surface area contributed by atoms with Gasteiger partial charge in [-0.1, -0.05) is 0 Å².